The number of amides is 1. The first-order valence-corrected chi connectivity index (χ1v) is 8.83. The van der Waals surface area contributed by atoms with Crippen LogP contribution in [0.5, 0.6) is 0 Å². The van der Waals surface area contributed by atoms with Crippen molar-refractivity contribution in [3.05, 3.63) is 46.6 Å². The highest BCUT2D eigenvalue weighted by Crippen LogP contribution is 2.42. The average molecular weight is 371 g/mol. The molecule has 4 heteroatoms. The number of rotatable bonds is 4. The molecule has 1 aliphatic heterocycles. The standard InChI is InChI=1S/C17H21BrClNO/c1-3-7-13(19)10-12(2)15-14(11-18)17(20-16(15)21)8-5-4-6-9-17/h3,7,10H,1,4-6,8-9,11H2,2H3,(H,20,21)/b12-10+,13-7+. The highest BCUT2D eigenvalue weighted by atomic mass is 79.9. The van der Waals surface area contributed by atoms with Gasteiger partial charge in [0.1, 0.15) is 0 Å². The minimum Gasteiger partial charge on any atom is -0.343 e. The van der Waals surface area contributed by atoms with Crippen LogP contribution < -0.4 is 5.32 Å². The number of carbonyl (C=O) groups excluding carboxylic acids is 1. The van der Waals surface area contributed by atoms with Crippen LogP contribution in [0, 0.1) is 0 Å². The van der Waals surface area contributed by atoms with E-state index in [1.807, 2.05) is 13.0 Å². The Balaban J connectivity index is 2.43. The topological polar surface area (TPSA) is 29.1 Å². The zero-order chi connectivity index (χ0) is 15.5. The van der Waals surface area contributed by atoms with Crippen LogP contribution >= 0.6 is 27.5 Å². The Morgan fingerprint density at radius 2 is 2.10 bits per heavy atom. The fraction of sp³-hybridized carbons (Fsp3) is 0.471. The second-order valence-corrected chi connectivity index (χ2v) is 6.70. The van der Waals surface area contributed by atoms with Gasteiger partial charge in [0.25, 0.3) is 5.91 Å². The summed E-state index contributed by atoms with van der Waals surface area (Å²) < 4.78 is 0. The molecule has 1 fully saturated rings. The van der Waals surface area contributed by atoms with Gasteiger partial charge < -0.3 is 5.32 Å². The Hall–Kier alpha value is -0.800. The van der Waals surface area contributed by atoms with Gasteiger partial charge in [0.05, 0.1) is 5.54 Å². The van der Waals surface area contributed by atoms with Crippen molar-refractivity contribution in [2.45, 2.75) is 44.6 Å². The van der Waals surface area contributed by atoms with Gasteiger partial charge in [-0.05, 0) is 43.1 Å². The zero-order valence-corrected chi connectivity index (χ0v) is 14.7. The Kier molecular flexibility index (Phi) is 5.50. The summed E-state index contributed by atoms with van der Waals surface area (Å²) in [5, 5.41) is 4.54. The molecule has 2 aliphatic rings. The molecular weight excluding hydrogens is 350 g/mol. The van der Waals surface area contributed by atoms with E-state index in [4.69, 9.17) is 11.6 Å². The minimum atomic E-state index is -0.141. The third kappa shape index (κ3) is 3.35. The smallest absolute Gasteiger partial charge is 0.252 e. The minimum absolute atomic E-state index is 0.0307. The molecule has 1 N–H and O–H groups in total. The maximum Gasteiger partial charge on any atom is 0.252 e. The number of hydrogen-bond acceptors (Lipinski definition) is 1. The number of hydrogen-bond donors (Lipinski definition) is 1. The Morgan fingerprint density at radius 3 is 2.67 bits per heavy atom. The molecular formula is C17H21BrClNO. The van der Waals surface area contributed by atoms with Gasteiger partial charge in [-0.15, -0.1) is 0 Å². The lowest BCUT2D eigenvalue weighted by Gasteiger charge is -2.35. The van der Waals surface area contributed by atoms with Crippen LogP contribution in [0.1, 0.15) is 39.0 Å². The van der Waals surface area contributed by atoms with E-state index in [0.717, 1.165) is 29.3 Å². The van der Waals surface area contributed by atoms with Crippen LogP contribution in [-0.4, -0.2) is 16.8 Å². The molecule has 0 atom stereocenters. The van der Waals surface area contributed by atoms with E-state index in [9.17, 15) is 4.79 Å². The van der Waals surface area contributed by atoms with Crippen molar-refractivity contribution < 1.29 is 4.79 Å². The lowest BCUT2D eigenvalue weighted by atomic mass is 9.77. The second kappa shape index (κ2) is 6.97. The van der Waals surface area contributed by atoms with Crippen LogP contribution in [0.4, 0.5) is 0 Å². The molecule has 0 aromatic heterocycles. The van der Waals surface area contributed by atoms with E-state index < -0.39 is 0 Å². The molecule has 0 radical (unpaired) electrons. The molecule has 2 nitrogen and oxygen atoms in total. The molecule has 1 saturated carbocycles. The number of carbonyl (C=O) groups is 1. The Bertz CT molecular complexity index is 539. The monoisotopic (exact) mass is 369 g/mol. The SMILES string of the molecule is C=C/C=C(Cl)\C=C(/C)C1=C(CBr)C2(CCCCC2)NC1=O. The Morgan fingerprint density at radius 1 is 1.43 bits per heavy atom. The van der Waals surface area contributed by atoms with E-state index in [2.05, 4.69) is 27.8 Å². The summed E-state index contributed by atoms with van der Waals surface area (Å²) >= 11 is 9.70. The molecule has 1 amide bonds. The summed E-state index contributed by atoms with van der Waals surface area (Å²) in [4.78, 5) is 12.5. The van der Waals surface area contributed by atoms with Crippen molar-refractivity contribution in [3.8, 4) is 0 Å². The molecule has 21 heavy (non-hydrogen) atoms. The molecule has 1 spiro atoms. The summed E-state index contributed by atoms with van der Waals surface area (Å²) in [5.74, 6) is 0.0307. The van der Waals surface area contributed by atoms with E-state index >= 15 is 0 Å². The van der Waals surface area contributed by atoms with Gasteiger partial charge in [-0.2, -0.15) is 0 Å². The van der Waals surface area contributed by atoms with Crippen molar-refractivity contribution in [2.75, 3.05) is 5.33 Å². The number of nitrogens with one attached hydrogen (secondary N) is 1. The van der Waals surface area contributed by atoms with E-state index in [0.29, 0.717) is 5.03 Å². The molecule has 2 rings (SSSR count). The third-order valence-electron chi connectivity index (χ3n) is 4.33. The van der Waals surface area contributed by atoms with Crippen molar-refractivity contribution in [2.24, 2.45) is 0 Å². The summed E-state index contributed by atoms with van der Waals surface area (Å²) in [7, 11) is 0. The molecule has 0 aromatic rings. The third-order valence-corrected chi connectivity index (χ3v) is 5.12. The summed E-state index contributed by atoms with van der Waals surface area (Å²) in [6, 6.07) is 0. The fourth-order valence-corrected chi connectivity index (χ4v) is 4.43. The summed E-state index contributed by atoms with van der Waals surface area (Å²) in [6.07, 6.45) is 10.9. The summed E-state index contributed by atoms with van der Waals surface area (Å²) in [5.41, 5.74) is 2.75. The van der Waals surface area contributed by atoms with Gasteiger partial charge in [0.2, 0.25) is 0 Å². The maximum atomic E-state index is 12.5. The lowest BCUT2D eigenvalue weighted by Crippen LogP contribution is -2.46. The number of alkyl halides is 1. The van der Waals surface area contributed by atoms with Crippen LogP contribution in [0.2, 0.25) is 0 Å². The Labute approximate surface area is 140 Å². The highest BCUT2D eigenvalue weighted by Gasteiger charge is 2.44. The van der Waals surface area contributed by atoms with Gasteiger partial charge in [0, 0.05) is 15.9 Å². The van der Waals surface area contributed by atoms with Crippen molar-refractivity contribution in [1.29, 1.82) is 0 Å². The van der Waals surface area contributed by atoms with Gasteiger partial charge in [0.15, 0.2) is 0 Å². The molecule has 114 valence electrons. The molecule has 1 aliphatic carbocycles. The largest absolute Gasteiger partial charge is 0.343 e. The fourth-order valence-electron chi connectivity index (χ4n) is 3.37. The van der Waals surface area contributed by atoms with Crippen molar-refractivity contribution >= 4 is 33.4 Å². The lowest BCUT2D eigenvalue weighted by molar-refractivity contribution is -0.117. The normalized spacial score (nSPS) is 22.7. The first-order chi connectivity index (χ1) is 10.0. The summed E-state index contributed by atoms with van der Waals surface area (Å²) in [6.45, 7) is 5.57. The molecule has 0 saturated heterocycles. The van der Waals surface area contributed by atoms with Crippen LogP contribution in [0.25, 0.3) is 0 Å². The van der Waals surface area contributed by atoms with Crippen molar-refractivity contribution in [3.63, 3.8) is 0 Å². The molecule has 0 unspecified atom stereocenters. The van der Waals surface area contributed by atoms with Crippen LogP contribution in [0.3, 0.4) is 0 Å². The molecule has 0 aromatic carbocycles. The van der Waals surface area contributed by atoms with Gasteiger partial charge >= 0.3 is 0 Å². The van der Waals surface area contributed by atoms with Gasteiger partial charge in [-0.1, -0.05) is 59.4 Å². The first kappa shape index (κ1) is 16.6. The predicted molar refractivity (Wildman–Crippen MR) is 92.7 cm³/mol. The maximum absolute atomic E-state index is 12.5. The van der Waals surface area contributed by atoms with E-state index in [1.54, 1.807) is 12.2 Å². The predicted octanol–water partition coefficient (Wildman–Crippen LogP) is 4.77. The highest BCUT2D eigenvalue weighted by molar-refractivity contribution is 9.09. The van der Waals surface area contributed by atoms with Crippen LogP contribution in [-0.2, 0) is 4.79 Å². The molecule has 1 heterocycles. The zero-order valence-electron chi connectivity index (χ0n) is 12.3. The molecule has 0 bridgehead atoms. The number of halogens is 2. The first-order valence-electron chi connectivity index (χ1n) is 7.33. The van der Waals surface area contributed by atoms with Gasteiger partial charge in [-0.25, -0.2) is 0 Å². The second-order valence-electron chi connectivity index (χ2n) is 5.70. The average Bonchev–Trinajstić information content (AvgIpc) is 2.71. The number of allylic oxidation sites excluding steroid dienone is 4. The van der Waals surface area contributed by atoms with Crippen LogP contribution in [0.15, 0.2) is 46.6 Å². The van der Waals surface area contributed by atoms with Crippen molar-refractivity contribution in [1.82, 2.24) is 5.32 Å². The van der Waals surface area contributed by atoms with Gasteiger partial charge in [-0.3, -0.25) is 4.79 Å². The van der Waals surface area contributed by atoms with E-state index in [1.165, 1.54) is 24.8 Å². The quantitative estimate of drug-likeness (QED) is 0.561. The van der Waals surface area contributed by atoms with E-state index in [-0.39, 0.29) is 11.4 Å².